The first-order chi connectivity index (χ1) is 10.1. The molecule has 0 heterocycles. The Labute approximate surface area is 128 Å². The van der Waals surface area contributed by atoms with Crippen LogP contribution in [-0.2, 0) is 4.79 Å². The van der Waals surface area contributed by atoms with Crippen LogP contribution in [0.4, 0.5) is 11.4 Å². The second kappa shape index (κ2) is 8.63. The molecule has 0 bridgehead atoms. The van der Waals surface area contributed by atoms with E-state index < -0.39 is 0 Å². The summed E-state index contributed by atoms with van der Waals surface area (Å²) in [6.45, 7) is 2.02. The van der Waals surface area contributed by atoms with Crippen LogP contribution in [0.15, 0.2) is 30.0 Å². The van der Waals surface area contributed by atoms with Crippen molar-refractivity contribution < 1.29 is 4.79 Å². The molecule has 0 saturated heterocycles. The Morgan fingerprint density at radius 2 is 2.10 bits per heavy atom. The van der Waals surface area contributed by atoms with E-state index >= 15 is 0 Å². The lowest BCUT2D eigenvalue weighted by atomic mass is 10.2. The number of nitrogens with one attached hydrogen (secondary N) is 2. The molecular weight excluding hydrogens is 288 g/mol. The van der Waals surface area contributed by atoms with E-state index in [-0.39, 0.29) is 11.5 Å². The van der Waals surface area contributed by atoms with Crippen molar-refractivity contribution in [2.45, 2.75) is 26.2 Å². The zero-order valence-electron chi connectivity index (χ0n) is 11.6. The molecule has 0 fully saturated rings. The number of allylic oxidation sites excluding steroid dienone is 1. The number of carbonyl (C=O) groups excluding carboxylic acids is 1. The number of anilines is 2. The van der Waals surface area contributed by atoms with E-state index in [1.165, 1.54) is 6.20 Å². The van der Waals surface area contributed by atoms with Crippen molar-refractivity contribution in [1.29, 1.82) is 10.5 Å². The van der Waals surface area contributed by atoms with Gasteiger partial charge in [0.2, 0.25) is 5.91 Å². The van der Waals surface area contributed by atoms with Crippen LogP contribution < -0.4 is 10.6 Å². The van der Waals surface area contributed by atoms with E-state index in [9.17, 15) is 4.79 Å². The highest BCUT2D eigenvalue weighted by Crippen LogP contribution is 2.25. The number of rotatable bonds is 6. The van der Waals surface area contributed by atoms with Gasteiger partial charge >= 0.3 is 0 Å². The lowest BCUT2D eigenvalue weighted by Gasteiger charge is -2.09. The Kier molecular flexibility index (Phi) is 6.80. The topological polar surface area (TPSA) is 88.7 Å². The van der Waals surface area contributed by atoms with Crippen molar-refractivity contribution >= 4 is 28.9 Å². The summed E-state index contributed by atoms with van der Waals surface area (Å²) in [7, 11) is 0. The fourth-order valence-electron chi connectivity index (χ4n) is 1.50. The molecule has 0 spiro atoms. The van der Waals surface area contributed by atoms with Gasteiger partial charge in [0.25, 0.3) is 0 Å². The molecule has 0 saturated carbocycles. The molecule has 21 heavy (non-hydrogen) atoms. The Morgan fingerprint density at radius 1 is 1.38 bits per heavy atom. The summed E-state index contributed by atoms with van der Waals surface area (Å²) in [6.07, 6.45) is 3.55. The highest BCUT2D eigenvalue weighted by molar-refractivity contribution is 6.34. The van der Waals surface area contributed by atoms with Gasteiger partial charge in [-0.15, -0.1) is 0 Å². The van der Waals surface area contributed by atoms with Crippen LogP contribution in [0.3, 0.4) is 0 Å². The number of amides is 1. The molecule has 2 N–H and O–H groups in total. The van der Waals surface area contributed by atoms with Crippen LogP contribution in [0.5, 0.6) is 0 Å². The van der Waals surface area contributed by atoms with Gasteiger partial charge < -0.3 is 10.6 Å². The Balaban J connectivity index is 2.73. The van der Waals surface area contributed by atoms with E-state index in [1.54, 1.807) is 30.3 Å². The predicted molar refractivity (Wildman–Crippen MR) is 82.5 cm³/mol. The second-order valence-electron chi connectivity index (χ2n) is 4.27. The van der Waals surface area contributed by atoms with Crippen molar-refractivity contribution in [3.63, 3.8) is 0 Å². The molecule has 0 aliphatic carbocycles. The zero-order chi connectivity index (χ0) is 15.7. The standard InChI is InChI=1S/C15H15ClN4O/c1-2-3-4-15(21)20-14-6-5-12(7-13(14)16)19-10-11(8-17)9-18/h5-7,10,19H,2-4H2,1H3,(H,20,21). The van der Waals surface area contributed by atoms with Crippen molar-refractivity contribution in [2.24, 2.45) is 0 Å². The monoisotopic (exact) mass is 302 g/mol. The molecule has 6 heteroatoms. The Hall–Kier alpha value is -2.50. The van der Waals surface area contributed by atoms with Gasteiger partial charge in [0.1, 0.15) is 17.7 Å². The molecule has 0 atom stereocenters. The predicted octanol–water partition coefficient (Wildman–Crippen LogP) is 3.81. The fourth-order valence-corrected chi connectivity index (χ4v) is 1.73. The summed E-state index contributed by atoms with van der Waals surface area (Å²) >= 11 is 6.09. The quantitative estimate of drug-likeness (QED) is 0.782. The van der Waals surface area contributed by atoms with Gasteiger partial charge in [-0.25, -0.2) is 0 Å². The third-order valence-electron chi connectivity index (χ3n) is 2.62. The minimum absolute atomic E-state index is 0.0388. The molecular formula is C15H15ClN4O. The molecule has 108 valence electrons. The Bertz CT molecular complexity index is 610. The summed E-state index contributed by atoms with van der Waals surface area (Å²) in [4.78, 5) is 11.6. The number of hydrogen-bond acceptors (Lipinski definition) is 4. The van der Waals surface area contributed by atoms with E-state index in [0.29, 0.717) is 22.8 Å². The maximum absolute atomic E-state index is 11.6. The fraction of sp³-hybridized carbons (Fsp3) is 0.267. The van der Waals surface area contributed by atoms with Gasteiger partial charge in [0, 0.05) is 18.3 Å². The zero-order valence-corrected chi connectivity index (χ0v) is 12.4. The molecule has 0 unspecified atom stereocenters. The lowest BCUT2D eigenvalue weighted by molar-refractivity contribution is -0.116. The number of benzene rings is 1. The summed E-state index contributed by atoms with van der Waals surface area (Å²) in [5, 5.41) is 23.2. The maximum atomic E-state index is 11.6. The molecule has 1 rings (SSSR count). The largest absolute Gasteiger partial charge is 0.360 e. The average Bonchev–Trinajstić information content (AvgIpc) is 2.48. The molecule has 1 aromatic carbocycles. The van der Waals surface area contributed by atoms with Crippen LogP contribution in [0.25, 0.3) is 0 Å². The third kappa shape index (κ3) is 5.56. The van der Waals surface area contributed by atoms with Gasteiger partial charge in [0.05, 0.1) is 10.7 Å². The van der Waals surface area contributed by atoms with Crippen LogP contribution in [0.1, 0.15) is 26.2 Å². The van der Waals surface area contributed by atoms with Gasteiger partial charge in [-0.3, -0.25) is 4.79 Å². The summed E-state index contributed by atoms with van der Waals surface area (Å²) in [6, 6.07) is 8.46. The van der Waals surface area contributed by atoms with E-state index in [0.717, 1.165) is 12.8 Å². The number of unbranched alkanes of at least 4 members (excludes halogenated alkanes) is 1. The average molecular weight is 303 g/mol. The Morgan fingerprint density at radius 3 is 2.67 bits per heavy atom. The second-order valence-corrected chi connectivity index (χ2v) is 4.68. The lowest BCUT2D eigenvalue weighted by Crippen LogP contribution is -2.11. The van der Waals surface area contributed by atoms with Gasteiger partial charge in [0.15, 0.2) is 0 Å². The van der Waals surface area contributed by atoms with E-state index in [4.69, 9.17) is 22.1 Å². The molecule has 0 aliphatic rings. The molecule has 0 radical (unpaired) electrons. The number of nitrogens with zero attached hydrogens (tertiary/aromatic N) is 2. The molecule has 5 nitrogen and oxygen atoms in total. The molecule has 0 aliphatic heterocycles. The SMILES string of the molecule is CCCCC(=O)Nc1ccc(NC=C(C#N)C#N)cc1Cl. The normalized spacial score (nSPS) is 9.14. The van der Waals surface area contributed by atoms with Crippen molar-refractivity contribution in [2.75, 3.05) is 10.6 Å². The van der Waals surface area contributed by atoms with Crippen molar-refractivity contribution in [3.8, 4) is 12.1 Å². The molecule has 1 amide bonds. The number of carbonyl (C=O) groups is 1. The summed E-state index contributed by atoms with van der Waals surface area (Å²) in [5.74, 6) is -0.0735. The summed E-state index contributed by atoms with van der Waals surface area (Å²) in [5.41, 5.74) is 1.12. The molecule has 0 aromatic heterocycles. The maximum Gasteiger partial charge on any atom is 0.224 e. The van der Waals surface area contributed by atoms with Gasteiger partial charge in [-0.05, 0) is 24.6 Å². The highest BCUT2D eigenvalue weighted by atomic mass is 35.5. The van der Waals surface area contributed by atoms with Gasteiger partial charge in [-0.1, -0.05) is 24.9 Å². The highest BCUT2D eigenvalue weighted by Gasteiger charge is 2.06. The smallest absolute Gasteiger partial charge is 0.224 e. The van der Waals surface area contributed by atoms with Crippen LogP contribution in [0, 0.1) is 22.7 Å². The minimum atomic E-state index is -0.0735. The van der Waals surface area contributed by atoms with Gasteiger partial charge in [-0.2, -0.15) is 10.5 Å². The van der Waals surface area contributed by atoms with E-state index in [2.05, 4.69) is 10.6 Å². The first-order valence-electron chi connectivity index (χ1n) is 6.47. The van der Waals surface area contributed by atoms with Crippen LogP contribution >= 0.6 is 11.6 Å². The molecule has 1 aromatic rings. The van der Waals surface area contributed by atoms with Crippen molar-refractivity contribution in [3.05, 3.63) is 35.0 Å². The van der Waals surface area contributed by atoms with E-state index in [1.807, 2.05) is 6.92 Å². The number of nitriles is 2. The third-order valence-corrected chi connectivity index (χ3v) is 2.94. The first kappa shape index (κ1) is 16.6. The van der Waals surface area contributed by atoms with Crippen molar-refractivity contribution in [1.82, 2.24) is 0 Å². The first-order valence-corrected chi connectivity index (χ1v) is 6.84. The summed E-state index contributed by atoms with van der Waals surface area (Å²) < 4.78 is 0. The number of hydrogen-bond donors (Lipinski definition) is 2. The number of halogens is 1. The minimum Gasteiger partial charge on any atom is -0.360 e. The van der Waals surface area contributed by atoms with Crippen LogP contribution in [-0.4, -0.2) is 5.91 Å². The van der Waals surface area contributed by atoms with Crippen LogP contribution in [0.2, 0.25) is 5.02 Å².